The van der Waals surface area contributed by atoms with E-state index < -0.39 is 17.8 Å². The van der Waals surface area contributed by atoms with Crippen molar-refractivity contribution in [3.8, 4) is 11.5 Å². The molecule has 1 aliphatic heterocycles. The highest BCUT2D eigenvalue weighted by Gasteiger charge is 2.42. The summed E-state index contributed by atoms with van der Waals surface area (Å²) in [4.78, 5) is 5.78. The van der Waals surface area contributed by atoms with Gasteiger partial charge >= 0.3 is 0 Å². The van der Waals surface area contributed by atoms with Crippen LogP contribution in [0.25, 0.3) is 0 Å². The molecule has 7 heteroatoms. The van der Waals surface area contributed by atoms with Gasteiger partial charge in [-0.2, -0.15) is 4.39 Å². The molecule has 27 heavy (non-hydrogen) atoms. The van der Waals surface area contributed by atoms with Crippen molar-refractivity contribution in [2.75, 3.05) is 19.6 Å². The molecule has 1 aliphatic carbocycles. The Morgan fingerprint density at radius 1 is 1.07 bits per heavy atom. The van der Waals surface area contributed by atoms with Crippen LogP contribution in [0.3, 0.4) is 0 Å². The van der Waals surface area contributed by atoms with Gasteiger partial charge in [-0.25, -0.2) is 9.37 Å². The maximum Gasteiger partial charge on any atom is 0.255 e. The highest BCUT2D eigenvalue weighted by molar-refractivity contribution is 5.23. The highest BCUT2D eigenvalue weighted by Crippen LogP contribution is 2.40. The molecule has 1 saturated carbocycles. The molecule has 1 aromatic heterocycles. The summed E-state index contributed by atoms with van der Waals surface area (Å²) < 4.78 is 32.3. The fourth-order valence-corrected chi connectivity index (χ4v) is 4.26. The highest BCUT2D eigenvalue weighted by atomic mass is 19.1. The summed E-state index contributed by atoms with van der Waals surface area (Å²) in [7, 11) is 0. The smallest absolute Gasteiger partial charge is 0.255 e. The molecule has 4 rings (SSSR count). The number of nitrogens with zero attached hydrogens (tertiary/aromatic N) is 2. The molecule has 2 aliphatic rings. The lowest BCUT2D eigenvalue weighted by atomic mass is 10.0. The van der Waals surface area contributed by atoms with Gasteiger partial charge in [-0.1, -0.05) is 0 Å². The van der Waals surface area contributed by atoms with Gasteiger partial charge < -0.3 is 14.9 Å². The minimum atomic E-state index is -0.967. The van der Waals surface area contributed by atoms with Gasteiger partial charge in [0, 0.05) is 19.6 Å². The zero-order chi connectivity index (χ0) is 19.0. The molecule has 0 amide bonds. The van der Waals surface area contributed by atoms with Crippen molar-refractivity contribution >= 4 is 0 Å². The minimum absolute atomic E-state index is 0.130. The number of hydrogen-bond acceptors (Lipinski definition) is 5. The summed E-state index contributed by atoms with van der Waals surface area (Å²) in [6.45, 7) is 2.09. The van der Waals surface area contributed by atoms with Crippen LogP contribution in [0, 0.1) is 23.6 Å². The van der Waals surface area contributed by atoms with Crippen LogP contribution >= 0.6 is 0 Å². The van der Waals surface area contributed by atoms with E-state index in [0.29, 0.717) is 24.1 Å². The number of rotatable bonds is 5. The summed E-state index contributed by atoms with van der Waals surface area (Å²) >= 11 is 0. The minimum Gasteiger partial charge on any atom is -0.504 e. The summed E-state index contributed by atoms with van der Waals surface area (Å²) in [6.07, 6.45) is 1.09. The Morgan fingerprint density at radius 2 is 1.74 bits per heavy atom. The van der Waals surface area contributed by atoms with Crippen LogP contribution in [0.1, 0.15) is 24.6 Å². The van der Waals surface area contributed by atoms with Crippen molar-refractivity contribution < 1.29 is 23.7 Å². The van der Waals surface area contributed by atoms with E-state index in [1.807, 2.05) is 0 Å². The van der Waals surface area contributed by atoms with Gasteiger partial charge in [0.25, 0.3) is 5.95 Å². The monoisotopic (exact) mass is 376 g/mol. The molecular formula is C20H22F2N2O3. The van der Waals surface area contributed by atoms with E-state index in [1.165, 1.54) is 24.3 Å². The Bertz CT molecular complexity index is 788. The second-order valence-electron chi connectivity index (χ2n) is 7.47. The number of aliphatic hydroxyl groups excluding tert-OH is 1. The third kappa shape index (κ3) is 4.04. The molecule has 2 heterocycles. The van der Waals surface area contributed by atoms with Crippen molar-refractivity contribution in [2.45, 2.75) is 25.0 Å². The van der Waals surface area contributed by atoms with Gasteiger partial charge in [-0.15, -0.1) is 0 Å². The molecule has 2 N–H and O–H groups in total. The lowest BCUT2D eigenvalue weighted by molar-refractivity contribution is 0.112. The van der Waals surface area contributed by atoms with Gasteiger partial charge in [0.05, 0.1) is 11.8 Å². The van der Waals surface area contributed by atoms with E-state index in [-0.39, 0.29) is 17.6 Å². The number of aromatic nitrogens is 1. The molecule has 1 aromatic carbocycles. The largest absolute Gasteiger partial charge is 0.504 e. The fourth-order valence-electron chi connectivity index (χ4n) is 4.26. The zero-order valence-electron chi connectivity index (χ0n) is 14.8. The van der Waals surface area contributed by atoms with Gasteiger partial charge in [0.2, 0.25) is 0 Å². The number of likely N-dealkylation sites (tertiary alicyclic amines) is 1. The van der Waals surface area contributed by atoms with Crippen molar-refractivity contribution in [1.82, 2.24) is 9.88 Å². The summed E-state index contributed by atoms with van der Waals surface area (Å²) in [5.41, 5.74) is 0.222. The van der Waals surface area contributed by atoms with Crippen LogP contribution in [-0.2, 0) is 0 Å². The first-order chi connectivity index (χ1) is 13.0. The molecule has 5 nitrogen and oxygen atoms in total. The van der Waals surface area contributed by atoms with Crippen LogP contribution in [0.2, 0.25) is 0 Å². The number of ether oxygens (including phenoxy) is 1. The third-order valence-electron chi connectivity index (χ3n) is 5.52. The van der Waals surface area contributed by atoms with E-state index in [9.17, 15) is 19.0 Å². The second kappa shape index (κ2) is 7.40. The van der Waals surface area contributed by atoms with E-state index in [2.05, 4.69) is 9.88 Å². The van der Waals surface area contributed by atoms with Crippen molar-refractivity contribution in [3.63, 3.8) is 0 Å². The first-order valence-electron chi connectivity index (χ1n) is 9.16. The second-order valence-corrected chi connectivity index (χ2v) is 7.47. The molecule has 2 aromatic rings. The summed E-state index contributed by atoms with van der Waals surface area (Å²) in [5.74, 6) is -0.0873. The average molecular weight is 376 g/mol. The van der Waals surface area contributed by atoms with E-state index in [4.69, 9.17) is 4.74 Å². The number of β-amino-alcohol motifs (C(OH)–C–C–N with tert-alkyl or cyclic N) is 1. The lowest BCUT2D eigenvalue weighted by Gasteiger charge is -2.22. The molecule has 0 radical (unpaired) electrons. The summed E-state index contributed by atoms with van der Waals surface area (Å²) in [6, 6.07) is 8.73. The Morgan fingerprint density at radius 3 is 2.37 bits per heavy atom. The lowest BCUT2D eigenvalue weighted by Crippen LogP contribution is -2.29. The molecule has 2 fully saturated rings. The number of halogens is 2. The molecule has 1 saturated heterocycles. The average Bonchev–Trinajstić information content (AvgIpc) is 3.17. The normalized spacial score (nSPS) is 26.1. The predicted octanol–water partition coefficient (Wildman–Crippen LogP) is 2.89. The van der Waals surface area contributed by atoms with Gasteiger partial charge in [-0.05, 0) is 61.1 Å². The molecule has 0 bridgehead atoms. The number of aromatic hydroxyl groups is 1. The topological polar surface area (TPSA) is 65.8 Å². The van der Waals surface area contributed by atoms with Crippen molar-refractivity contribution in [3.05, 3.63) is 53.9 Å². The van der Waals surface area contributed by atoms with Crippen LogP contribution in [0.4, 0.5) is 8.78 Å². The number of hydrogen-bond donors (Lipinski definition) is 2. The Hall–Kier alpha value is -2.25. The van der Waals surface area contributed by atoms with Gasteiger partial charge in [0.15, 0.2) is 5.75 Å². The predicted molar refractivity (Wildman–Crippen MR) is 94.3 cm³/mol. The maximum absolute atomic E-state index is 13.4. The first-order valence-corrected chi connectivity index (χ1v) is 9.16. The number of fused-ring (bicyclic) bond motifs is 1. The van der Waals surface area contributed by atoms with Crippen LogP contribution in [0.15, 0.2) is 36.4 Å². The quantitative estimate of drug-likeness (QED) is 0.786. The standard InChI is InChI=1S/C20H22F2N2O3/c21-14-1-3-15(4-2-14)27-16-7-12-9-24(10-13(12)8-16)11-19(26)17-5-6-18(25)20(22)23-17/h1-6,12-13,16,19,25-26H,7-11H2/t12-,13+,16+,19?. The fraction of sp³-hybridized carbons (Fsp3) is 0.450. The van der Waals surface area contributed by atoms with Crippen LogP contribution in [-0.4, -0.2) is 45.8 Å². The summed E-state index contributed by atoms with van der Waals surface area (Å²) in [5, 5.41) is 19.5. The first kappa shape index (κ1) is 18.1. The molecular weight excluding hydrogens is 354 g/mol. The number of benzene rings is 1. The van der Waals surface area contributed by atoms with Gasteiger partial charge in [-0.3, -0.25) is 4.90 Å². The molecule has 4 atom stereocenters. The number of aliphatic hydroxyl groups is 1. The van der Waals surface area contributed by atoms with Crippen molar-refractivity contribution in [2.24, 2.45) is 11.8 Å². The maximum atomic E-state index is 13.4. The Balaban J connectivity index is 1.29. The van der Waals surface area contributed by atoms with Crippen LogP contribution < -0.4 is 4.74 Å². The van der Waals surface area contributed by atoms with Crippen molar-refractivity contribution in [1.29, 1.82) is 0 Å². The zero-order valence-corrected chi connectivity index (χ0v) is 14.8. The Labute approximate surface area is 156 Å². The SMILES string of the molecule is Oc1ccc(C(O)CN2C[C@H]3C[C@H](Oc4ccc(F)cc4)C[C@H]3C2)nc1F. The Kier molecular flexibility index (Phi) is 4.97. The number of pyridine rings is 1. The van der Waals surface area contributed by atoms with Gasteiger partial charge in [0.1, 0.15) is 17.7 Å². The van der Waals surface area contributed by atoms with E-state index in [1.54, 1.807) is 12.1 Å². The third-order valence-corrected chi connectivity index (χ3v) is 5.52. The molecule has 144 valence electrons. The van der Waals surface area contributed by atoms with E-state index >= 15 is 0 Å². The molecule has 1 unspecified atom stereocenters. The van der Waals surface area contributed by atoms with Crippen LogP contribution in [0.5, 0.6) is 11.5 Å². The van der Waals surface area contributed by atoms with E-state index in [0.717, 1.165) is 25.9 Å². The molecule has 0 spiro atoms.